The summed E-state index contributed by atoms with van der Waals surface area (Å²) in [6, 6.07) is 1.35. The lowest BCUT2D eigenvalue weighted by atomic mass is 10.1. The summed E-state index contributed by atoms with van der Waals surface area (Å²) in [5, 5.41) is 13.0. The Morgan fingerprint density at radius 1 is 1.52 bits per heavy atom. The van der Waals surface area contributed by atoms with Crippen LogP contribution in [0.15, 0.2) is 12.1 Å². The Morgan fingerprint density at radius 2 is 2.10 bits per heavy atom. The summed E-state index contributed by atoms with van der Waals surface area (Å²) >= 11 is 5.74. The summed E-state index contributed by atoms with van der Waals surface area (Å²) in [7, 11) is -3.27. The molecule has 0 aliphatic rings. The van der Waals surface area contributed by atoms with Gasteiger partial charge in [-0.05, 0) is 6.92 Å². The Morgan fingerprint density at radius 3 is 2.57 bits per heavy atom. The fourth-order valence-corrected chi connectivity index (χ4v) is 2.90. The topological polar surface area (TPSA) is 132 Å². The minimum atomic E-state index is -3.27. The first-order valence-corrected chi connectivity index (χ1v) is 8.17. The van der Waals surface area contributed by atoms with Crippen molar-refractivity contribution in [1.29, 1.82) is 0 Å². The SMILES string of the molecule is CC(CS(C)(=O)=O)NC(=O)c1cc([N+](=O)[O-])cc(Cl)c1N. The maximum absolute atomic E-state index is 12.0. The Bertz CT molecular complexity index is 689. The van der Waals surface area contributed by atoms with E-state index in [1.165, 1.54) is 6.92 Å². The molecule has 0 saturated carbocycles. The molecule has 0 spiro atoms. The average Bonchev–Trinajstić information content (AvgIpc) is 2.29. The number of hydrogen-bond acceptors (Lipinski definition) is 6. The molecule has 1 atom stereocenters. The van der Waals surface area contributed by atoms with Crippen molar-refractivity contribution in [3.63, 3.8) is 0 Å². The number of nitrogens with zero attached hydrogens (tertiary/aromatic N) is 1. The molecule has 0 saturated heterocycles. The van der Waals surface area contributed by atoms with E-state index in [2.05, 4.69) is 5.32 Å². The van der Waals surface area contributed by atoms with Crippen molar-refractivity contribution in [1.82, 2.24) is 5.32 Å². The smallest absolute Gasteiger partial charge is 0.271 e. The summed E-state index contributed by atoms with van der Waals surface area (Å²) in [6.07, 6.45) is 1.04. The lowest BCUT2D eigenvalue weighted by Gasteiger charge is -2.14. The summed E-state index contributed by atoms with van der Waals surface area (Å²) in [4.78, 5) is 22.1. The van der Waals surface area contributed by atoms with E-state index >= 15 is 0 Å². The highest BCUT2D eigenvalue weighted by molar-refractivity contribution is 7.90. The van der Waals surface area contributed by atoms with Gasteiger partial charge < -0.3 is 11.1 Å². The summed E-state index contributed by atoms with van der Waals surface area (Å²) in [5.74, 6) is -0.990. The Balaban J connectivity index is 3.05. The van der Waals surface area contributed by atoms with Gasteiger partial charge in [-0.1, -0.05) is 11.6 Å². The van der Waals surface area contributed by atoms with Crippen molar-refractivity contribution >= 4 is 38.7 Å². The van der Waals surface area contributed by atoms with Crippen LogP contribution in [0.1, 0.15) is 17.3 Å². The van der Waals surface area contributed by atoms with Crippen LogP contribution in [0, 0.1) is 10.1 Å². The van der Waals surface area contributed by atoms with E-state index in [1.54, 1.807) is 0 Å². The van der Waals surface area contributed by atoms with Crippen LogP contribution in [0.5, 0.6) is 0 Å². The van der Waals surface area contributed by atoms with E-state index < -0.39 is 26.7 Å². The van der Waals surface area contributed by atoms with E-state index in [9.17, 15) is 23.3 Å². The van der Waals surface area contributed by atoms with Gasteiger partial charge in [0.05, 0.1) is 26.9 Å². The van der Waals surface area contributed by atoms with Crippen LogP contribution < -0.4 is 11.1 Å². The van der Waals surface area contributed by atoms with Crippen LogP contribution in [0.3, 0.4) is 0 Å². The first-order chi connectivity index (χ1) is 9.51. The fourth-order valence-electron chi connectivity index (χ4n) is 1.69. The van der Waals surface area contributed by atoms with E-state index in [0.29, 0.717) is 0 Å². The van der Waals surface area contributed by atoms with E-state index in [1.807, 2.05) is 0 Å². The van der Waals surface area contributed by atoms with E-state index in [0.717, 1.165) is 18.4 Å². The zero-order valence-electron chi connectivity index (χ0n) is 11.3. The minimum Gasteiger partial charge on any atom is -0.397 e. The maximum Gasteiger partial charge on any atom is 0.271 e. The minimum absolute atomic E-state index is 0.105. The number of amides is 1. The first-order valence-electron chi connectivity index (χ1n) is 5.73. The Labute approximate surface area is 126 Å². The molecule has 0 bridgehead atoms. The number of nitrogen functional groups attached to an aromatic ring is 1. The largest absolute Gasteiger partial charge is 0.397 e. The lowest BCUT2D eigenvalue weighted by molar-refractivity contribution is -0.384. The number of anilines is 1. The van der Waals surface area contributed by atoms with Crippen LogP contribution in [-0.2, 0) is 9.84 Å². The number of halogens is 1. The predicted molar refractivity (Wildman–Crippen MR) is 79.2 cm³/mol. The molecule has 1 unspecified atom stereocenters. The molecule has 0 aliphatic heterocycles. The monoisotopic (exact) mass is 335 g/mol. The molecular weight excluding hydrogens is 322 g/mol. The molecule has 1 rings (SSSR count). The normalized spacial score (nSPS) is 12.7. The third kappa shape index (κ3) is 4.87. The number of non-ortho nitro benzene ring substituents is 1. The second-order valence-electron chi connectivity index (χ2n) is 4.61. The molecule has 0 fully saturated rings. The molecule has 0 heterocycles. The average molecular weight is 336 g/mol. The maximum atomic E-state index is 12.0. The number of nitrogens with two attached hydrogens (primary N) is 1. The molecule has 1 aromatic carbocycles. The van der Waals surface area contributed by atoms with Gasteiger partial charge in [0.1, 0.15) is 9.84 Å². The van der Waals surface area contributed by atoms with Crippen LogP contribution >= 0.6 is 11.6 Å². The van der Waals surface area contributed by atoms with Gasteiger partial charge in [-0.15, -0.1) is 0 Å². The summed E-state index contributed by atoms with van der Waals surface area (Å²) < 4.78 is 22.3. The van der Waals surface area contributed by atoms with E-state index in [-0.39, 0.29) is 27.7 Å². The van der Waals surface area contributed by atoms with Crippen LogP contribution in [0.25, 0.3) is 0 Å². The quantitative estimate of drug-likeness (QED) is 0.468. The van der Waals surface area contributed by atoms with Gasteiger partial charge in [-0.25, -0.2) is 8.42 Å². The number of benzene rings is 1. The number of hydrogen-bond donors (Lipinski definition) is 2. The number of carbonyl (C=O) groups is 1. The van der Waals surface area contributed by atoms with Crippen molar-refractivity contribution in [2.75, 3.05) is 17.7 Å². The molecule has 21 heavy (non-hydrogen) atoms. The third-order valence-electron chi connectivity index (χ3n) is 2.50. The molecule has 8 nitrogen and oxygen atoms in total. The number of sulfone groups is 1. The van der Waals surface area contributed by atoms with Crippen LogP contribution in [0.4, 0.5) is 11.4 Å². The van der Waals surface area contributed by atoms with Gasteiger partial charge in [-0.3, -0.25) is 14.9 Å². The van der Waals surface area contributed by atoms with Crippen molar-refractivity contribution in [3.05, 3.63) is 32.8 Å². The highest BCUT2D eigenvalue weighted by Gasteiger charge is 2.21. The summed E-state index contributed by atoms with van der Waals surface area (Å²) in [5.41, 5.74) is 4.97. The Hall–Kier alpha value is -1.87. The number of nitro groups is 1. The standard InChI is InChI=1S/C11H14ClN3O5S/c1-6(5-21(2,19)20)14-11(16)8-3-7(15(17)18)4-9(12)10(8)13/h3-4,6H,5,13H2,1-2H3,(H,14,16). The molecule has 0 aliphatic carbocycles. The molecule has 0 radical (unpaired) electrons. The van der Waals surface area contributed by atoms with Gasteiger partial charge in [0.15, 0.2) is 0 Å². The van der Waals surface area contributed by atoms with Gasteiger partial charge in [0.2, 0.25) is 0 Å². The van der Waals surface area contributed by atoms with Crippen molar-refractivity contribution in [3.8, 4) is 0 Å². The second-order valence-corrected chi connectivity index (χ2v) is 7.20. The van der Waals surface area contributed by atoms with Crippen molar-refractivity contribution in [2.24, 2.45) is 0 Å². The van der Waals surface area contributed by atoms with Crippen molar-refractivity contribution in [2.45, 2.75) is 13.0 Å². The van der Waals surface area contributed by atoms with Gasteiger partial charge in [0.25, 0.3) is 11.6 Å². The second kappa shape index (κ2) is 6.27. The Kier molecular flexibility index (Phi) is 5.13. The van der Waals surface area contributed by atoms with Gasteiger partial charge in [0, 0.05) is 24.4 Å². The number of nitro benzene ring substituents is 1. The van der Waals surface area contributed by atoms with Gasteiger partial charge in [-0.2, -0.15) is 0 Å². The zero-order chi connectivity index (χ0) is 16.4. The number of carbonyl (C=O) groups excluding carboxylic acids is 1. The number of rotatable bonds is 5. The highest BCUT2D eigenvalue weighted by Crippen LogP contribution is 2.28. The first kappa shape index (κ1) is 17.2. The molecular formula is C11H14ClN3O5S. The molecule has 10 heteroatoms. The number of nitrogens with one attached hydrogen (secondary N) is 1. The fraction of sp³-hybridized carbons (Fsp3) is 0.364. The van der Waals surface area contributed by atoms with Crippen LogP contribution in [0.2, 0.25) is 5.02 Å². The summed E-state index contributed by atoms with van der Waals surface area (Å²) in [6.45, 7) is 1.49. The molecule has 3 N–H and O–H groups in total. The molecule has 1 aromatic rings. The van der Waals surface area contributed by atoms with E-state index in [4.69, 9.17) is 17.3 Å². The predicted octanol–water partition coefficient (Wildman–Crippen LogP) is 0.993. The van der Waals surface area contributed by atoms with Gasteiger partial charge >= 0.3 is 0 Å². The third-order valence-corrected chi connectivity index (χ3v) is 3.92. The van der Waals surface area contributed by atoms with Crippen molar-refractivity contribution < 1.29 is 18.1 Å². The lowest BCUT2D eigenvalue weighted by Crippen LogP contribution is -2.37. The molecule has 1 amide bonds. The van der Waals surface area contributed by atoms with Crippen LogP contribution in [-0.4, -0.2) is 37.3 Å². The zero-order valence-corrected chi connectivity index (χ0v) is 12.9. The highest BCUT2D eigenvalue weighted by atomic mass is 35.5. The molecule has 0 aromatic heterocycles. The molecule has 116 valence electrons.